The van der Waals surface area contributed by atoms with Gasteiger partial charge in [-0.1, -0.05) is 35.5 Å². The summed E-state index contributed by atoms with van der Waals surface area (Å²) in [5, 5.41) is 36.2. The average molecular weight is 523 g/mol. The number of rotatable bonds is 6. The Morgan fingerprint density at radius 1 is 1.09 bits per heavy atom. The highest BCUT2D eigenvalue weighted by Crippen LogP contribution is 2.40. The topological polar surface area (TPSA) is 110 Å². The van der Waals surface area contributed by atoms with Crippen molar-refractivity contribution in [2.24, 2.45) is 0 Å². The average Bonchev–Trinajstić information content (AvgIpc) is 3.52. The summed E-state index contributed by atoms with van der Waals surface area (Å²) in [7, 11) is 0. The van der Waals surface area contributed by atoms with Gasteiger partial charge in [-0.25, -0.2) is 15.0 Å². The number of aliphatic hydroxyl groups excluding tert-OH is 1. The van der Waals surface area contributed by atoms with E-state index < -0.39 is 6.10 Å². The van der Waals surface area contributed by atoms with Crippen LogP contribution < -0.4 is 4.90 Å². The van der Waals surface area contributed by atoms with Crippen LogP contribution in [-0.4, -0.2) is 39.3 Å². The molecule has 1 saturated heterocycles. The third kappa shape index (κ3) is 4.39. The Morgan fingerprint density at radius 2 is 1.85 bits per heavy atom. The molecule has 3 aromatic heterocycles. The molecule has 1 aliphatic rings. The maximum Gasteiger partial charge on any atom is 0.148 e. The fourth-order valence-electron chi connectivity index (χ4n) is 3.52. The van der Waals surface area contributed by atoms with E-state index in [2.05, 4.69) is 17.1 Å². The van der Waals surface area contributed by atoms with Crippen LogP contribution in [0.2, 0.25) is 5.02 Å². The van der Waals surface area contributed by atoms with Crippen molar-refractivity contribution in [3.05, 3.63) is 63.1 Å². The molecule has 0 amide bonds. The molecule has 0 radical (unpaired) electrons. The lowest BCUT2D eigenvalue weighted by atomic mass is 10.0. The first-order chi connectivity index (χ1) is 16.6. The Hall–Kier alpha value is -2.99. The van der Waals surface area contributed by atoms with Crippen LogP contribution in [-0.2, 0) is 5.75 Å². The Kier molecular flexibility index (Phi) is 6.50. The first kappa shape index (κ1) is 22.8. The van der Waals surface area contributed by atoms with Gasteiger partial charge in [-0.05, 0) is 12.1 Å². The third-order valence-corrected chi connectivity index (χ3v) is 8.17. The standard InChI is InChI=1S/C23H15ClN6OS3/c24-14-3-1-13(2-4-14)21-28-15(11-33-21)12-34-22-18(8-26)19(23-27-5-6-32-23)17(7-25)20(29-22)30-9-16(31)10-30/h1-6,11,16,31H,9-10,12H2. The second-order valence-corrected chi connectivity index (χ2v) is 10.6. The first-order valence-corrected chi connectivity index (χ1v) is 13.2. The Labute approximate surface area is 212 Å². The van der Waals surface area contributed by atoms with Crippen molar-refractivity contribution >= 4 is 51.9 Å². The molecule has 0 unspecified atom stereocenters. The van der Waals surface area contributed by atoms with Gasteiger partial charge in [0, 0.05) is 46.4 Å². The number of β-amino-alcohol motifs (C(OH)–C–C–N with tert-alkyl or cyclic N) is 1. The van der Waals surface area contributed by atoms with Crippen molar-refractivity contribution in [1.82, 2.24) is 15.0 Å². The fraction of sp³-hybridized carbons (Fsp3) is 0.174. The number of pyridine rings is 1. The molecule has 1 aliphatic heterocycles. The van der Waals surface area contributed by atoms with Crippen LogP contribution in [0.25, 0.3) is 21.1 Å². The van der Waals surface area contributed by atoms with E-state index >= 15 is 0 Å². The highest BCUT2D eigenvalue weighted by molar-refractivity contribution is 7.98. The normalized spacial score (nSPS) is 13.4. The van der Waals surface area contributed by atoms with Crippen molar-refractivity contribution in [1.29, 1.82) is 10.5 Å². The molecule has 1 fully saturated rings. The second kappa shape index (κ2) is 9.71. The zero-order chi connectivity index (χ0) is 23.7. The molecular formula is C23H15ClN6OS3. The second-order valence-electron chi connectivity index (χ2n) is 7.42. The number of hydrogen-bond acceptors (Lipinski definition) is 10. The van der Waals surface area contributed by atoms with Crippen LogP contribution >= 0.6 is 46.0 Å². The lowest BCUT2D eigenvalue weighted by molar-refractivity contribution is 0.141. The molecule has 0 spiro atoms. The molecule has 11 heteroatoms. The summed E-state index contributed by atoms with van der Waals surface area (Å²) >= 11 is 10.3. The lowest BCUT2D eigenvalue weighted by Gasteiger charge is -2.37. The lowest BCUT2D eigenvalue weighted by Crippen LogP contribution is -2.51. The summed E-state index contributed by atoms with van der Waals surface area (Å²) in [4.78, 5) is 15.6. The molecule has 34 heavy (non-hydrogen) atoms. The number of halogens is 1. The summed E-state index contributed by atoms with van der Waals surface area (Å²) in [5.74, 6) is 0.983. The van der Waals surface area contributed by atoms with Crippen LogP contribution in [0.4, 0.5) is 5.82 Å². The van der Waals surface area contributed by atoms with E-state index in [4.69, 9.17) is 21.6 Å². The zero-order valence-electron chi connectivity index (χ0n) is 17.5. The van der Waals surface area contributed by atoms with E-state index in [-0.39, 0.29) is 0 Å². The maximum absolute atomic E-state index is 10.0. The Balaban J connectivity index is 1.50. The molecule has 4 heterocycles. The summed E-state index contributed by atoms with van der Waals surface area (Å²) in [6, 6.07) is 12.0. The van der Waals surface area contributed by atoms with Gasteiger partial charge in [0.1, 0.15) is 38.6 Å². The van der Waals surface area contributed by atoms with Crippen molar-refractivity contribution in [2.75, 3.05) is 18.0 Å². The molecule has 0 atom stereocenters. The highest BCUT2D eigenvalue weighted by Gasteiger charge is 2.32. The molecule has 7 nitrogen and oxygen atoms in total. The molecule has 4 aromatic rings. The van der Waals surface area contributed by atoms with Gasteiger partial charge in [-0.15, -0.1) is 22.7 Å². The van der Waals surface area contributed by atoms with Gasteiger partial charge >= 0.3 is 0 Å². The van der Waals surface area contributed by atoms with Gasteiger partial charge in [0.2, 0.25) is 0 Å². The summed E-state index contributed by atoms with van der Waals surface area (Å²) < 4.78 is 0. The van der Waals surface area contributed by atoms with E-state index in [1.165, 1.54) is 23.1 Å². The van der Waals surface area contributed by atoms with Crippen molar-refractivity contribution < 1.29 is 5.11 Å². The van der Waals surface area contributed by atoms with E-state index in [0.29, 0.717) is 56.4 Å². The Bertz CT molecular complexity index is 1420. The number of thioether (sulfide) groups is 1. The van der Waals surface area contributed by atoms with Crippen molar-refractivity contribution in [3.8, 4) is 33.3 Å². The summed E-state index contributed by atoms with van der Waals surface area (Å²) in [5.41, 5.74) is 2.99. The minimum atomic E-state index is -0.454. The van der Waals surface area contributed by atoms with Crippen LogP contribution in [0.1, 0.15) is 16.8 Å². The molecule has 0 bridgehead atoms. The van der Waals surface area contributed by atoms with E-state index in [1.807, 2.05) is 39.9 Å². The number of nitriles is 2. The number of aromatic nitrogens is 3. The number of anilines is 1. The molecule has 5 rings (SSSR count). The van der Waals surface area contributed by atoms with E-state index in [0.717, 1.165) is 16.3 Å². The minimum Gasteiger partial charge on any atom is -0.389 e. The number of aliphatic hydroxyl groups is 1. The summed E-state index contributed by atoms with van der Waals surface area (Å²) in [6.07, 6.45) is 1.20. The minimum absolute atomic E-state index is 0.307. The number of hydrogen-bond donors (Lipinski definition) is 1. The predicted octanol–water partition coefficient (Wildman–Crippen LogP) is 5.20. The zero-order valence-corrected chi connectivity index (χ0v) is 20.7. The van der Waals surface area contributed by atoms with Gasteiger partial charge in [-0.3, -0.25) is 0 Å². The largest absolute Gasteiger partial charge is 0.389 e. The fourth-order valence-corrected chi connectivity index (χ4v) is 6.15. The number of benzene rings is 1. The molecule has 1 N–H and O–H groups in total. The van der Waals surface area contributed by atoms with Crippen molar-refractivity contribution in [3.63, 3.8) is 0 Å². The molecule has 168 valence electrons. The molecule has 0 aliphatic carbocycles. The van der Waals surface area contributed by atoms with E-state index in [9.17, 15) is 15.6 Å². The molecule has 1 aromatic carbocycles. The van der Waals surface area contributed by atoms with Crippen LogP contribution in [0.3, 0.4) is 0 Å². The first-order valence-electron chi connectivity index (χ1n) is 10.1. The van der Waals surface area contributed by atoms with Gasteiger partial charge in [0.15, 0.2) is 0 Å². The third-order valence-electron chi connectivity index (χ3n) is 5.18. The predicted molar refractivity (Wildman–Crippen MR) is 135 cm³/mol. The number of nitrogens with zero attached hydrogens (tertiary/aromatic N) is 6. The van der Waals surface area contributed by atoms with Gasteiger partial charge in [0.25, 0.3) is 0 Å². The van der Waals surface area contributed by atoms with Crippen LogP contribution in [0.5, 0.6) is 0 Å². The monoisotopic (exact) mass is 522 g/mol. The van der Waals surface area contributed by atoms with Crippen LogP contribution in [0, 0.1) is 22.7 Å². The van der Waals surface area contributed by atoms with Gasteiger partial charge < -0.3 is 10.0 Å². The van der Waals surface area contributed by atoms with E-state index in [1.54, 1.807) is 17.5 Å². The highest BCUT2D eigenvalue weighted by atomic mass is 35.5. The van der Waals surface area contributed by atoms with Crippen LogP contribution in [0.15, 0.2) is 46.2 Å². The van der Waals surface area contributed by atoms with Gasteiger partial charge in [-0.2, -0.15) is 10.5 Å². The smallest absolute Gasteiger partial charge is 0.148 e. The molecular weight excluding hydrogens is 508 g/mol. The van der Waals surface area contributed by atoms with Crippen molar-refractivity contribution in [2.45, 2.75) is 16.9 Å². The number of thiazole rings is 2. The summed E-state index contributed by atoms with van der Waals surface area (Å²) in [6.45, 7) is 0.789. The molecule has 0 saturated carbocycles. The quantitative estimate of drug-likeness (QED) is 0.344. The SMILES string of the molecule is N#Cc1c(SCc2csc(-c3ccc(Cl)cc3)n2)nc(N2CC(O)C2)c(C#N)c1-c1nccs1. The Morgan fingerprint density at radius 3 is 2.50 bits per heavy atom. The van der Waals surface area contributed by atoms with Gasteiger partial charge in [0.05, 0.1) is 22.9 Å². The maximum atomic E-state index is 10.0.